The summed E-state index contributed by atoms with van der Waals surface area (Å²) in [5, 5.41) is 7.59. The van der Waals surface area contributed by atoms with Gasteiger partial charge in [-0.05, 0) is 19.1 Å². The first kappa shape index (κ1) is 18.5. The zero-order chi connectivity index (χ0) is 17.5. The minimum atomic E-state index is 0.522. The molecule has 0 aliphatic heterocycles. The van der Waals surface area contributed by atoms with Crippen LogP contribution in [0.2, 0.25) is 10.2 Å². The van der Waals surface area contributed by atoms with Crippen LogP contribution in [0.1, 0.15) is 18.2 Å². The first-order valence-corrected chi connectivity index (χ1v) is 8.46. The molecule has 2 N–H and O–H groups in total. The van der Waals surface area contributed by atoms with Crippen LogP contribution in [0.5, 0.6) is 5.75 Å². The second-order valence-corrected chi connectivity index (χ2v) is 5.96. The van der Waals surface area contributed by atoms with Crippen LogP contribution < -0.4 is 15.4 Å². The number of para-hydroxylation sites is 1. The Hall–Kier alpha value is -1.85. The van der Waals surface area contributed by atoms with E-state index in [2.05, 4.69) is 15.6 Å². The van der Waals surface area contributed by atoms with Crippen molar-refractivity contribution in [2.45, 2.75) is 20.0 Å². The van der Waals surface area contributed by atoms with Crippen molar-refractivity contribution in [1.29, 1.82) is 0 Å². The van der Waals surface area contributed by atoms with Crippen molar-refractivity contribution >= 4 is 29.2 Å². The lowest BCUT2D eigenvalue weighted by Gasteiger charge is -2.12. The summed E-state index contributed by atoms with van der Waals surface area (Å²) in [4.78, 5) is 4.61. The van der Waals surface area contributed by atoms with Crippen molar-refractivity contribution in [3.63, 3.8) is 0 Å². The van der Waals surface area contributed by atoms with Crippen molar-refractivity contribution in [3.05, 3.63) is 51.8 Å². The van der Waals surface area contributed by atoms with Crippen molar-refractivity contribution < 1.29 is 4.74 Å². The van der Waals surface area contributed by atoms with E-state index < -0.39 is 0 Å². The number of hydrogen-bond donors (Lipinski definition) is 2. The van der Waals surface area contributed by atoms with E-state index in [1.165, 1.54) is 0 Å². The SMILES string of the molecule is CCNC(=NCc1ccccc1OC)NCc1cc(Cl)c(Cl)n1C. The van der Waals surface area contributed by atoms with Crippen molar-refractivity contribution in [1.82, 2.24) is 15.2 Å². The number of benzene rings is 1. The minimum Gasteiger partial charge on any atom is -0.496 e. The zero-order valence-electron chi connectivity index (χ0n) is 14.1. The largest absolute Gasteiger partial charge is 0.496 e. The maximum Gasteiger partial charge on any atom is 0.191 e. The standard InChI is InChI=1S/C17H22Cl2N4O/c1-4-20-17(21-10-12-7-5-6-8-15(12)24-3)22-11-13-9-14(18)16(19)23(13)2/h5-9H,4,10-11H2,1-3H3,(H2,20,21,22). The van der Waals surface area contributed by atoms with Crippen LogP contribution in [0, 0.1) is 0 Å². The van der Waals surface area contributed by atoms with Crippen LogP contribution in [-0.4, -0.2) is 24.2 Å². The molecule has 0 fully saturated rings. The number of nitrogens with zero attached hydrogens (tertiary/aromatic N) is 2. The van der Waals surface area contributed by atoms with E-state index in [0.29, 0.717) is 23.3 Å². The third-order valence-electron chi connectivity index (χ3n) is 3.60. The van der Waals surface area contributed by atoms with E-state index in [1.807, 2.05) is 48.9 Å². The molecule has 130 valence electrons. The Morgan fingerprint density at radius 3 is 2.62 bits per heavy atom. The van der Waals surface area contributed by atoms with E-state index in [4.69, 9.17) is 27.9 Å². The topological polar surface area (TPSA) is 50.6 Å². The smallest absolute Gasteiger partial charge is 0.191 e. The molecular weight excluding hydrogens is 347 g/mol. The van der Waals surface area contributed by atoms with Crippen molar-refractivity contribution in [2.24, 2.45) is 12.0 Å². The lowest BCUT2D eigenvalue weighted by atomic mass is 10.2. The second kappa shape index (κ2) is 8.85. The van der Waals surface area contributed by atoms with E-state index in [-0.39, 0.29) is 0 Å². The molecule has 1 aromatic carbocycles. The average molecular weight is 369 g/mol. The number of aromatic nitrogens is 1. The third-order valence-corrected chi connectivity index (χ3v) is 4.44. The molecule has 0 radical (unpaired) electrons. The van der Waals surface area contributed by atoms with Gasteiger partial charge in [-0.2, -0.15) is 0 Å². The highest BCUT2D eigenvalue weighted by Crippen LogP contribution is 2.25. The summed E-state index contributed by atoms with van der Waals surface area (Å²) in [6.07, 6.45) is 0. The van der Waals surface area contributed by atoms with Gasteiger partial charge >= 0.3 is 0 Å². The van der Waals surface area contributed by atoms with Gasteiger partial charge in [0.05, 0.1) is 25.2 Å². The first-order chi connectivity index (χ1) is 11.6. The molecule has 0 aliphatic rings. The van der Waals surface area contributed by atoms with E-state index in [1.54, 1.807) is 7.11 Å². The zero-order valence-corrected chi connectivity index (χ0v) is 15.6. The predicted octanol–water partition coefficient (Wildman–Crippen LogP) is 3.60. The maximum atomic E-state index is 6.09. The quantitative estimate of drug-likeness (QED) is 0.604. The molecule has 1 aromatic heterocycles. The van der Waals surface area contributed by atoms with Crippen LogP contribution in [0.25, 0.3) is 0 Å². The molecule has 0 spiro atoms. The third kappa shape index (κ3) is 4.58. The molecule has 0 amide bonds. The highest BCUT2D eigenvalue weighted by atomic mass is 35.5. The molecule has 2 aromatic rings. The predicted molar refractivity (Wildman–Crippen MR) is 100 cm³/mol. The molecule has 7 heteroatoms. The Bertz CT molecular complexity index is 713. The highest BCUT2D eigenvalue weighted by Gasteiger charge is 2.09. The Balaban J connectivity index is 2.06. The van der Waals surface area contributed by atoms with Gasteiger partial charge in [-0.1, -0.05) is 41.4 Å². The molecule has 0 saturated carbocycles. The lowest BCUT2D eigenvalue weighted by molar-refractivity contribution is 0.410. The Morgan fingerprint density at radius 1 is 1.25 bits per heavy atom. The van der Waals surface area contributed by atoms with Crippen LogP contribution in [0.3, 0.4) is 0 Å². The Labute approximate surface area is 152 Å². The van der Waals surface area contributed by atoms with Crippen LogP contribution in [0.15, 0.2) is 35.3 Å². The van der Waals surface area contributed by atoms with Gasteiger partial charge in [0, 0.05) is 24.8 Å². The molecule has 5 nitrogen and oxygen atoms in total. The summed E-state index contributed by atoms with van der Waals surface area (Å²) in [5.41, 5.74) is 2.01. The van der Waals surface area contributed by atoms with Gasteiger partial charge in [0.2, 0.25) is 0 Å². The maximum absolute atomic E-state index is 6.09. The van der Waals surface area contributed by atoms with Crippen LogP contribution in [0.4, 0.5) is 0 Å². The molecule has 0 aliphatic carbocycles. The minimum absolute atomic E-state index is 0.522. The molecule has 2 rings (SSSR count). The summed E-state index contributed by atoms with van der Waals surface area (Å²) < 4.78 is 7.20. The van der Waals surface area contributed by atoms with Crippen LogP contribution in [-0.2, 0) is 20.1 Å². The Kier molecular flexibility index (Phi) is 6.82. The van der Waals surface area contributed by atoms with E-state index in [0.717, 1.165) is 29.5 Å². The summed E-state index contributed by atoms with van der Waals surface area (Å²) in [6, 6.07) is 9.70. The van der Waals surface area contributed by atoms with Gasteiger partial charge in [-0.25, -0.2) is 4.99 Å². The van der Waals surface area contributed by atoms with Gasteiger partial charge in [-0.3, -0.25) is 0 Å². The molecular formula is C17H22Cl2N4O. The molecule has 0 saturated heterocycles. The van der Waals surface area contributed by atoms with Gasteiger partial charge in [0.15, 0.2) is 5.96 Å². The second-order valence-electron chi connectivity index (χ2n) is 5.19. The van der Waals surface area contributed by atoms with Crippen molar-refractivity contribution in [2.75, 3.05) is 13.7 Å². The van der Waals surface area contributed by atoms with Gasteiger partial charge in [0.25, 0.3) is 0 Å². The van der Waals surface area contributed by atoms with Crippen LogP contribution >= 0.6 is 23.2 Å². The van der Waals surface area contributed by atoms with Gasteiger partial charge < -0.3 is 19.9 Å². The van der Waals surface area contributed by atoms with E-state index in [9.17, 15) is 0 Å². The highest BCUT2D eigenvalue weighted by molar-refractivity contribution is 6.41. The summed E-state index contributed by atoms with van der Waals surface area (Å²) in [6.45, 7) is 3.89. The van der Waals surface area contributed by atoms with Crippen molar-refractivity contribution in [3.8, 4) is 5.75 Å². The monoisotopic (exact) mass is 368 g/mol. The molecule has 1 heterocycles. The summed E-state index contributed by atoms with van der Waals surface area (Å²) in [5.74, 6) is 1.55. The number of hydrogen-bond acceptors (Lipinski definition) is 2. The average Bonchev–Trinajstić information content (AvgIpc) is 2.84. The molecule has 0 atom stereocenters. The molecule has 0 bridgehead atoms. The molecule has 0 unspecified atom stereocenters. The van der Waals surface area contributed by atoms with Gasteiger partial charge in [0.1, 0.15) is 10.9 Å². The number of nitrogens with one attached hydrogen (secondary N) is 2. The number of methoxy groups -OCH3 is 1. The fraction of sp³-hybridized carbons (Fsp3) is 0.353. The Morgan fingerprint density at radius 2 is 2.00 bits per heavy atom. The number of ether oxygens (including phenoxy) is 1. The van der Waals surface area contributed by atoms with E-state index >= 15 is 0 Å². The summed E-state index contributed by atoms with van der Waals surface area (Å²) in [7, 11) is 3.54. The number of halogens is 2. The number of guanidine groups is 1. The first-order valence-electron chi connectivity index (χ1n) is 7.70. The fourth-order valence-electron chi connectivity index (χ4n) is 2.27. The number of aliphatic imine (C=N–C) groups is 1. The fourth-order valence-corrected chi connectivity index (χ4v) is 2.69. The summed E-state index contributed by atoms with van der Waals surface area (Å²) >= 11 is 12.1. The number of rotatable bonds is 6. The molecule has 24 heavy (non-hydrogen) atoms. The lowest BCUT2D eigenvalue weighted by Crippen LogP contribution is -2.37. The van der Waals surface area contributed by atoms with Gasteiger partial charge in [-0.15, -0.1) is 0 Å². The normalized spacial score (nSPS) is 11.5.